The molecular weight excluding hydrogens is 330 g/mol. The van der Waals surface area contributed by atoms with Crippen LogP contribution in [-0.4, -0.2) is 17.6 Å². The molecule has 0 fully saturated rings. The standard InChI is InChI=1S/C17H16ClN3O3/c1-10-6-11(2)21(17(23)13(10)8-19)9-16(22)20-14-7-12(18)4-5-15(14)24-3/h4-7H,9H2,1-3H3,(H,20,22). The first kappa shape index (κ1) is 17.6. The Bertz CT molecular complexity index is 897. The van der Waals surface area contributed by atoms with Crippen molar-refractivity contribution < 1.29 is 9.53 Å². The predicted molar refractivity (Wildman–Crippen MR) is 91.5 cm³/mol. The highest BCUT2D eigenvalue weighted by Gasteiger charge is 2.14. The van der Waals surface area contributed by atoms with Gasteiger partial charge in [0.25, 0.3) is 5.56 Å². The smallest absolute Gasteiger partial charge is 0.269 e. The normalized spacial score (nSPS) is 10.1. The van der Waals surface area contributed by atoms with E-state index >= 15 is 0 Å². The van der Waals surface area contributed by atoms with Crippen molar-refractivity contribution in [1.82, 2.24) is 4.57 Å². The van der Waals surface area contributed by atoms with E-state index in [1.165, 1.54) is 11.7 Å². The van der Waals surface area contributed by atoms with E-state index in [9.17, 15) is 9.59 Å². The topological polar surface area (TPSA) is 84.1 Å². The molecule has 1 amide bonds. The quantitative estimate of drug-likeness (QED) is 0.923. The summed E-state index contributed by atoms with van der Waals surface area (Å²) in [6.07, 6.45) is 0. The van der Waals surface area contributed by atoms with Crippen LogP contribution in [0.1, 0.15) is 16.8 Å². The van der Waals surface area contributed by atoms with Crippen molar-refractivity contribution in [3.05, 3.63) is 56.5 Å². The SMILES string of the molecule is COc1ccc(Cl)cc1NC(=O)Cn1c(C)cc(C)c(C#N)c1=O. The molecule has 1 aromatic carbocycles. The highest BCUT2D eigenvalue weighted by atomic mass is 35.5. The van der Waals surface area contributed by atoms with Gasteiger partial charge in [-0.3, -0.25) is 9.59 Å². The van der Waals surface area contributed by atoms with Crippen molar-refractivity contribution >= 4 is 23.2 Å². The molecule has 0 aliphatic rings. The number of carbonyl (C=O) groups excluding carboxylic acids is 1. The van der Waals surface area contributed by atoms with Crippen molar-refractivity contribution in [3.8, 4) is 11.8 Å². The van der Waals surface area contributed by atoms with Crippen LogP contribution >= 0.6 is 11.6 Å². The Balaban J connectivity index is 2.31. The molecule has 124 valence electrons. The second-order valence-electron chi connectivity index (χ2n) is 5.24. The Morgan fingerprint density at radius 3 is 2.71 bits per heavy atom. The molecule has 24 heavy (non-hydrogen) atoms. The number of nitriles is 1. The van der Waals surface area contributed by atoms with Crippen LogP contribution in [-0.2, 0) is 11.3 Å². The largest absolute Gasteiger partial charge is 0.495 e. The number of anilines is 1. The van der Waals surface area contributed by atoms with Crippen LogP contribution in [0.3, 0.4) is 0 Å². The number of nitrogens with one attached hydrogen (secondary N) is 1. The van der Waals surface area contributed by atoms with E-state index in [2.05, 4.69) is 5.32 Å². The van der Waals surface area contributed by atoms with Gasteiger partial charge in [0, 0.05) is 10.7 Å². The Morgan fingerprint density at radius 1 is 1.38 bits per heavy atom. The fraction of sp³-hybridized carbons (Fsp3) is 0.235. The highest BCUT2D eigenvalue weighted by molar-refractivity contribution is 6.31. The van der Waals surface area contributed by atoms with Crippen LogP contribution in [0.5, 0.6) is 5.75 Å². The molecule has 0 unspecified atom stereocenters. The maximum absolute atomic E-state index is 12.3. The Kier molecular flexibility index (Phi) is 5.27. The number of hydrogen-bond donors (Lipinski definition) is 1. The molecule has 0 aliphatic heterocycles. The molecule has 1 N–H and O–H groups in total. The summed E-state index contributed by atoms with van der Waals surface area (Å²) in [6.45, 7) is 3.19. The summed E-state index contributed by atoms with van der Waals surface area (Å²) in [7, 11) is 1.48. The number of pyridine rings is 1. The van der Waals surface area contributed by atoms with Gasteiger partial charge in [0.2, 0.25) is 5.91 Å². The van der Waals surface area contributed by atoms with E-state index in [4.69, 9.17) is 21.6 Å². The summed E-state index contributed by atoms with van der Waals surface area (Å²) >= 11 is 5.93. The first-order valence-corrected chi connectivity index (χ1v) is 7.49. The minimum absolute atomic E-state index is 0.0359. The number of carbonyl (C=O) groups is 1. The van der Waals surface area contributed by atoms with E-state index < -0.39 is 11.5 Å². The van der Waals surface area contributed by atoms with Crippen molar-refractivity contribution in [1.29, 1.82) is 5.26 Å². The monoisotopic (exact) mass is 345 g/mol. The number of ether oxygens (including phenoxy) is 1. The van der Waals surface area contributed by atoms with Crippen LogP contribution in [0.4, 0.5) is 5.69 Å². The van der Waals surface area contributed by atoms with Gasteiger partial charge >= 0.3 is 0 Å². The molecule has 1 aromatic heterocycles. The number of halogens is 1. The number of aromatic nitrogens is 1. The molecule has 6 nitrogen and oxygen atoms in total. The van der Waals surface area contributed by atoms with Crippen molar-refractivity contribution in [2.24, 2.45) is 0 Å². The third-order valence-electron chi connectivity index (χ3n) is 3.55. The van der Waals surface area contributed by atoms with E-state index in [-0.39, 0.29) is 12.1 Å². The molecule has 2 rings (SSSR count). The second kappa shape index (κ2) is 7.20. The van der Waals surface area contributed by atoms with Gasteiger partial charge in [0.15, 0.2) is 0 Å². The number of hydrogen-bond acceptors (Lipinski definition) is 4. The summed E-state index contributed by atoms with van der Waals surface area (Å²) in [5, 5.41) is 12.2. The fourth-order valence-electron chi connectivity index (χ4n) is 2.37. The third-order valence-corrected chi connectivity index (χ3v) is 3.79. The van der Waals surface area contributed by atoms with Crippen LogP contribution in [0.25, 0.3) is 0 Å². The average molecular weight is 346 g/mol. The minimum atomic E-state index is -0.483. The summed E-state index contributed by atoms with van der Waals surface area (Å²) in [4.78, 5) is 24.6. The summed E-state index contributed by atoms with van der Waals surface area (Å²) < 4.78 is 6.43. The van der Waals surface area contributed by atoms with Gasteiger partial charge < -0.3 is 14.6 Å². The van der Waals surface area contributed by atoms with E-state index in [1.54, 1.807) is 38.1 Å². The molecule has 0 saturated heterocycles. The maximum Gasteiger partial charge on any atom is 0.269 e. The van der Waals surface area contributed by atoms with Gasteiger partial charge in [-0.05, 0) is 43.7 Å². The Labute approximate surface area is 144 Å². The molecule has 0 radical (unpaired) electrons. The first-order chi connectivity index (χ1) is 11.4. The number of benzene rings is 1. The van der Waals surface area contributed by atoms with Crippen LogP contribution in [0.2, 0.25) is 5.02 Å². The summed E-state index contributed by atoms with van der Waals surface area (Å²) in [6, 6.07) is 8.41. The Hall–Kier alpha value is -2.78. The maximum atomic E-state index is 12.3. The fourth-order valence-corrected chi connectivity index (χ4v) is 2.54. The molecule has 0 saturated carbocycles. The first-order valence-electron chi connectivity index (χ1n) is 7.12. The minimum Gasteiger partial charge on any atom is -0.495 e. The van der Waals surface area contributed by atoms with Gasteiger partial charge in [-0.25, -0.2) is 0 Å². The number of methoxy groups -OCH3 is 1. The van der Waals surface area contributed by atoms with E-state index in [0.29, 0.717) is 27.7 Å². The third kappa shape index (κ3) is 3.58. The lowest BCUT2D eigenvalue weighted by molar-refractivity contribution is -0.116. The lowest BCUT2D eigenvalue weighted by Gasteiger charge is -2.14. The second-order valence-corrected chi connectivity index (χ2v) is 5.68. The molecule has 1 heterocycles. The van der Waals surface area contributed by atoms with Gasteiger partial charge in [-0.1, -0.05) is 11.6 Å². The number of rotatable bonds is 4. The lowest BCUT2D eigenvalue weighted by atomic mass is 10.1. The molecule has 0 atom stereocenters. The number of aryl methyl sites for hydroxylation is 2. The average Bonchev–Trinajstić information content (AvgIpc) is 2.52. The van der Waals surface area contributed by atoms with E-state index in [1.807, 2.05) is 6.07 Å². The zero-order chi connectivity index (χ0) is 17.9. The zero-order valence-electron chi connectivity index (χ0n) is 13.5. The van der Waals surface area contributed by atoms with Gasteiger partial charge in [0.1, 0.15) is 23.9 Å². The van der Waals surface area contributed by atoms with Crippen LogP contribution in [0.15, 0.2) is 29.1 Å². The van der Waals surface area contributed by atoms with Crippen LogP contribution < -0.4 is 15.6 Å². The van der Waals surface area contributed by atoms with E-state index in [0.717, 1.165) is 0 Å². The summed E-state index contributed by atoms with van der Waals surface area (Å²) in [5.74, 6) is 0.0342. The number of nitrogens with zero attached hydrogens (tertiary/aromatic N) is 2. The number of amides is 1. The molecular formula is C17H16ClN3O3. The predicted octanol–water partition coefficient (Wildman–Crippen LogP) is 2.64. The van der Waals surface area contributed by atoms with Crippen molar-refractivity contribution in [2.75, 3.05) is 12.4 Å². The van der Waals surface area contributed by atoms with Gasteiger partial charge in [0.05, 0.1) is 12.8 Å². The Morgan fingerprint density at radius 2 is 2.08 bits per heavy atom. The molecule has 0 spiro atoms. The highest BCUT2D eigenvalue weighted by Crippen LogP contribution is 2.27. The molecule has 7 heteroatoms. The molecule has 0 aliphatic carbocycles. The van der Waals surface area contributed by atoms with Gasteiger partial charge in [-0.15, -0.1) is 0 Å². The van der Waals surface area contributed by atoms with Crippen molar-refractivity contribution in [3.63, 3.8) is 0 Å². The zero-order valence-corrected chi connectivity index (χ0v) is 14.3. The summed E-state index contributed by atoms with van der Waals surface area (Å²) in [5.41, 5.74) is 1.16. The van der Waals surface area contributed by atoms with Crippen molar-refractivity contribution in [2.45, 2.75) is 20.4 Å². The van der Waals surface area contributed by atoms with Gasteiger partial charge in [-0.2, -0.15) is 5.26 Å². The van der Waals surface area contributed by atoms with Crippen LogP contribution in [0, 0.1) is 25.2 Å². The molecule has 0 bridgehead atoms. The molecule has 2 aromatic rings. The lowest BCUT2D eigenvalue weighted by Crippen LogP contribution is -2.31.